The normalized spacial score (nSPS) is 44.3. The Labute approximate surface area is 145 Å². The molecule has 1 saturated carbocycles. The number of aliphatic hydroxyl groups is 1. The van der Waals surface area contributed by atoms with Crippen molar-refractivity contribution in [2.75, 3.05) is 0 Å². The van der Waals surface area contributed by atoms with Crippen molar-refractivity contribution in [3.63, 3.8) is 0 Å². The molecule has 0 saturated heterocycles. The minimum Gasteiger partial charge on any atom is -0.377 e. The third-order valence-corrected chi connectivity index (χ3v) is 7.76. The first-order valence-corrected chi connectivity index (χ1v) is 9.57. The molecule has 24 heavy (non-hydrogen) atoms. The van der Waals surface area contributed by atoms with E-state index in [0.29, 0.717) is 30.5 Å². The zero-order valence-corrected chi connectivity index (χ0v) is 14.9. The highest BCUT2D eigenvalue weighted by molar-refractivity contribution is 5.83. The molecule has 1 fully saturated rings. The monoisotopic (exact) mass is 324 g/mol. The smallest absolute Gasteiger partial charge is 0.137 e. The highest BCUT2D eigenvalue weighted by atomic mass is 16.3. The van der Waals surface area contributed by atoms with Gasteiger partial charge in [-0.15, -0.1) is 6.42 Å². The zero-order valence-electron chi connectivity index (χ0n) is 14.9. The van der Waals surface area contributed by atoms with Crippen molar-refractivity contribution in [1.82, 2.24) is 0 Å². The molecule has 4 aliphatic carbocycles. The van der Waals surface area contributed by atoms with Crippen LogP contribution in [-0.4, -0.2) is 16.5 Å². The lowest BCUT2D eigenvalue weighted by Gasteiger charge is -2.49. The van der Waals surface area contributed by atoms with Crippen molar-refractivity contribution in [2.45, 2.75) is 70.8 Å². The highest BCUT2D eigenvalue weighted by Gasteiger charge is 2.63. The summed E-state index contributed by atoms with van der Waals surface area (Å²) in [7, 11) is 0. The van der Waals surface area contributed by atoms with Gasteiger partial charge < -0.3 is 5.11 Å². The zero-order chi connectivity index (χ0) is 17.1. The van der Waals surface area contributed by atoms with Crippen LogP contribution in [0.1, 0.15) is 65.2 Å². The average Bonchev–Trinajstić information content (AvgIpc) is 2.82. The predicted molar refractivity (Wildman–Crippen MR) is 95.1 cm³/mol. The summed E-state index contributed by atoms with van der Waals surface area (Å²) >= 11 is 0. The van der Waals surface area contributed by atoms with Crippen molar-refractivity contribution in [3.8, 4) is 12.3 Å². The van der Waals surface area contributed by atoms with Crippen LogP contribution in [0.3, 0.4) is 0 Å². The number of hydrogen-bond donors (Lipinski definition) is 1. The molecule has 4 rings (SSSR count). The third kappa shape index (κ3) is 1.91. The molecule has 0 radical (unpaired) electrons. The van der Waals surface area contributed by atoms with Crippen molar-refractivity contribution < 1.29 is 9.90 Å². The molecule has 0 spiro atoms. The average molecular weight is 324 g/mol. The van der Waals surface area contributed by atoms with E-state index in [1.54, 1.807) is 0 Å². The van der Waals surface area contributed by atoms with Gasteiger partial charge in [0.15, 0.2) is 0 Å². The summed E-state index contributed by atoms with van der Waals surface area (Å²) in [6, 6.07) is 0. The van der Waals surface area contributed by atoms with Gasteiger partial charge in [-0.1, -0.05) is 31.4 Å². The Hall–Kier alpha value is -1.33. The number of carbonyl (C=O) groups excluding carboxylic acids is 1. The number of ketones is 1. The van der Waals surface area contributed by atoms with Gasteiger partial charge in [-0.25, -0.2) is 0 Å². The van der Waals surface area contributed by atoms with Gasteiger partial charge >= 0.3 is 0 Å². The van der Waals surface area contributed by atoms with Gasteiger partial charge in [-0.2, -0.15) is 0 Å². The molecule has 0 amide bonds. The van der Waals surface area contributed by atoms with E-state index in [1.807, 2.05) is 0 Å². The van der Waals surface area contributed by atoms with E-state index in [2.05, 4.69) is 25.8 Å². The Morgan fingerprint density at radius 1 is 1.38 bits per heavy atom. The lowest BCUT2D eigenvalue weighted by atomic mass is 9.56. The Kier molecular flexibility index (Phi) is 3.59. The van der Waals surface area contributed by atoms with Crippen molar-refractivity contribution in [3.05, 3.63) is 22.8 Å². The number of rotatable bonds is 1. The quantitative estimate of drug-likeness (QED) is 0.734. The fraction of sp³-hybridized carbons (Fsp3) is 0.682. The molecular weight excluding hydrogens is 296 g/mol. The molecule has 2 heteroatoms. The van der Waals surface area contributed by atoms with E-state index in [0.717, 1.165) is 38.5 Å². The van der Waals surface area contributed by atoms with Crippen LogP contribution in [-0.2, 0) is 4.79 Å². The fourth-order valence-corrected chi connectivity index (χ4v) is 6.33. The first kappa shape index (κ1) is 16.2. The Bertz CT molecular complexity index is 691. The van der Waals surface area contributed by atoms with Crippen molar-refractivity contribution in [1.29, 1.82) is 0 Å². The van der Waals surface area contributed by atoms with Crippen LogP contribution >= 0.6 is 0 Å². The van der Waals surface area contributed by atoms with Crippen LogP contribution < -0.4 is 0 Å². The number of hydrogen-bond acceptors (Lipinski definition) is 2. The van der Waals surface area contributed by atoms with Crippen molar-refractivity contribution in [2.24, 2.45) is 23.2 Å². The van der Waals surface area contributed by atoms with Gasteiger partial charge in [0.1, 0.15) is 11.4 Å². The molecule has 5 atom stereocenters. The minimum absolute atomic E-state index is 0.202. The molecule has 4 aliphatic rings. The van der Waals surface area contributed by atoms with E-state index in [-0.39, 0.29) is 11.3 Å². The summed E-state index contributed by atoms with van der Waals surface area (Å²) in [5, 5.41) is 11.3. The summed E-state index contributed by atoms with van der Waals surface area (Å²) in [6.07, 6.45) is 15.5. The predicted octanol–water partition coefficient (Wildman–Crippen LogP) is 4.19. The van der Waals surface area contributed by atoms with Gasteiger partial charge in [0, 0.05) is 18.3 Å². The summed E-state index contributed by atoms with van der Waals surface area (Å²) in [4.78, 5) is 11.8. The second-order valence-electron chi connectivity index (χ2n) is 8.58. The number of Topliss-reactive ketones (excluding diaryl/α,β-unsaturated/α-hetero) is 1. The molecule has 0 aliphatic heterocycles. The summed E-state index contributed by atoms with van der Waals surface area (Å²) in [5.74, 6) is 4.40. The van der Waals surface area contributed by atoms with Crippen LogP contribution in [0.5, 0.6) is 0 Å². The molecule has 0 unspecified atom stereocenters. The number of terminal acetylenes is 1. The summed E-state index contributed by atoms with van der Waals surface area (Å²) < 4.78 is 0. The highest BCUT2D eigenvalue weighted by Crippen LogP contribution is 2.64. The van der Waals surface area contributed by atoms with Crippen LogP contribution in [0.2, 0.25) is 0 Å². The van der Waals surface area contributed by atoms with E-state index in [4.69, 9.17) is 6.42 Å². The van der Waals surface area contributed by atoms with E-state index < -0.39 is 5.60 Å². The maximum Gasteiger partial charge on any atom is 0.137 e. The van der Waals surface area contributed by atoms with Crippen LogP contribution in [0, 0.1) is 35.5 Å². The fourth-order valence-electron chi connectivity index (χ4n) is 6.33. The first-order valence-electron chi connectivity index (χ1n) is 9.57. The molecule has 0 aromatic heterocycles. The Morgan fingerprint density at radius 3 is 2.88 bits per heavy atom. The largest absolute Gasteiger partial charge is 0.377 e. The number of allylic oxidation sites excluding steroid dienone is 4. The summed E-state index contributed by atoms with van der Waals surface area (Å²) in [6.45, 7) is 4.37. The van der Waals surface area contributed by atoms with Gasteiger partial charge in [0.25, 0.3) is 0 Å². The van der Waals surface area contributed by atoms with E-state index >= 15 is 0 Å². The van der Waals surface area contributed by atoms with Gasteiger partial charge in [0.05, 0.1) is 0 Å². The standard InChI is InChI=1S/C22H28O2/c1-4-15-13-20-19-8-6-14-12-16(23)7-9-17(14)18(19)10-11-21(20,3)22(15,24)5-2/h2,10,15,19-20,24H,4,6-9,11-13H2,1,3H3/t15-,19-,20+,21+,22+/m1/s1. The SMILES string of the molecule is C#C[C@]1(O)[C@H](CC)C[C@H]2[C@@H]3CCC4=C(CCC(=O)C4)C3=CC[C@@]21C. The number of fused-ring (bicyclic) bond motifs is 4. The lowest BCUT2D eigenvalue weighted by molar-refractivity contribution is -0.118. The Balaban J connectivity index is 1.75. The van der Waals surface area contributed by atoms with Gasteiger partial charge in [0.2, 0.25) is 0 Å². The lowest BCUT2D eigenvalue weighted by Crippen LogP contribution is -2.50. The minimum atomic E-state index is -0.981. The second kappa shape index (κ2) is 5.33. The maximum absolute atomic E-state index is 11.8. The van der Waals surface area contributed by atoms with Crippen LogP contribution in [0.25, 0.3) is 0 Å². The third-order valence-electron chi connectivity index (χ3n) is 7.76. The molecule has 0 heterocycles. The molecule has 2 nitrogen and oxygen atoms in total. The topological polar surface area (TPSA) is 37.3 Å². The van der Waals surface area contributed by atoms with Crippen LogP contribution in [0.15, 0.2) is 22.8 Å². The Morgan fingerprint density at radius 2 is 2.17 bits per heavy atom. The molecule has 0 aromatic rings. The molecule has 1 N–H and O–H groups in total. The van der Waals surface area contributed by atoms with Crippen molar-refractivity contribution >= 4 is 5.78 Å². The molecule has 0 bridgehead atoms. The first-order chi connectivity index (χ1) is 11.4. The second-order valence-corrected chi connectivity index (χ2v) is 8.58. The molecule has 0 aromatic carbocycles. The van der Waals surface area contributed by atoms with Crippen LogP contribution in [0.4, 0.5) is 0 Å². The molecule has 128 valence electrons. The van der Waals surface area contributed by atoms with Gasteiger partial charge in [-0.05, 0) is 67.4 Å². The summed E-state index contributed by atoms with van der Waals surface area (Å²) in [5.41, 5.74) is 3.19. The van der Waals surface area contributed by atoms with E-state index in [1.165, 1.54) is 16.7 Å². The van der Waals surface area contributed by atoms with E-state index in [9.17, 15) is 9.90 Å². The molecular formula is C22H28O2. The maximum atomic E-state index is 11.8. The van der Waals surface area contributed by atoms with Gasteiger partial charge in [-0.3, -0.25) is 4.79 Å². The number of carbonyl (C=O) groups is 1.